The molecule has 0 bridgehead atoms. The van der Waals surface area contributed by atoms with E-state index in [1.54, 1.807) is 0 Å². The van der Waals surface area contributed by atoms with E-state index in [0.717, 1.165) is 55.8 Å². The number of nitrogens with zero attached hydrogens (tertiary/aromatic N) is 2. The van der Waals surface area contributed by atoms with Crippen LogP contribution < -0.4 is 4.90 Å². The van der Waals surface area contributed by atoms with E-state index in [0.29, 0.717) is 0 Å². The van der Waals surface area contributed by atoms with Crippen LogP contribution in [0.15, 0.2) is 259 Å². The average molecular weight is 891 g/mol. The first-order valence-electron chi connectivity index (χ1n) is 24.2. The molecule has 2 aliphatic rings. The Kier molecular flexibility index (Phi) is 8.28. The van der Waals surface area contributed by atoms with E-state index < -0.39 is 5.41 Å². The molecule has 0 saturated carbocycles. The van der Waals surface area contributed by atoms with E-state index in [1.807, 2.05) is 0 Å². The predicted molar refractivity (Wildman–Crippen MR) is 290 cm³/mol. The molecule has 1 spiro atoms. The highest BCUT2D eigenvalue weighted by molar-refractivity contribution is 6.20. The van der Waals surface area contributed by atoms with Gasteiger partial charge in [0.25, 0.3) is 0 Å². The summed E-state index contributed by atoms with van der Waals surface area (Å²) in [6.45, 7) is 0. The number of benzene rings is 11. The largest absolute Gasteiger partial charge is 0.454 e. The van der Waals surface area contributed by atoms with Crippen molar-refractivity contribution in [1.82, 2.24) is 4.57 Å². The fourth-order valence-electron chi connectivity index (χ4n) is 12.3. The molecule has 0 amide bonds. The molecule has 326 valence electrons. The molecule has 11 aromatic carbocycles. The number of anilines is 3. The summed E-state index contributed by atoms with van der Waals surface area (Å²) < 4.78 is 9.55. The SMILES string of the molecule is c1ccc(-c2ccc(N(c3ccc(-c4ccc(-n5c6ccccc6c6ccccc65)cc4)cc3)c3cc4c(c5c3oc3ccccc35)-c3ccccc3C43c4ccccc4-c4ccccc43)cc2)cc1. The zero-order valence-electron chi connectivity index (χ0n) is 38.1. The first-order valence-corrected chi connectivity index (χ1v) is 24.2. The van der Waals surface area contributed by atoms with Gasteiger partial charge in [0.2, 0.25) is 0 Å². The Hall–Kier alpha value is -9.18. The van der Waals surface area contributed by atoms with Crippen LogP contribution in [0.1, 0.15) is 22.3 Å². The fraction of sp³-hybridized carbons (Fsp3) is 0.0149. The van der Waals surface area contributed by atoms with Crippen LogP contribution >= 0.6 is 0 Å². The van der Waals surface area contributed by atoms with Gasteiger partial charge in [-0.1, -0.05) is 194 Å². The smallest absolute Gasteiger partial charge is 0.160 e. The summed E-state index contributed by atoms with van der Waals surface area (Å²) in [7, 11) is 0. The Balaban J connectivity index is 0.943. The van der Waals surface area contributed by atoms with Crippen molar-refractivity contribution in [2.75, 3.05) is 4.90 Å². The molecule has 3 nitrogen and oxygen atoms in total. The summed E-state index contributed by atoms with van der Waals surface area (Å²) in [6, 6.07) is 93.3. The number of hydrogen-bond donors (Lipinski definition) is 0. The van der Waals surface area contributed by atoms with Crippen molar-refractivity contribution in [3.63, 3.8) is 0 Å². The normalized spacial score (nSPS) is 13.0. The Morgan fingerprint density at radius 2 is 0.800 bits per heavy atom. The van der Waals surface area contributed by atoms with Gasteiger partial charge < -0.3 is 13.9 Å². The molecule has 2 aromatic heterocycles. The van der Waals surface area contributed by atoms with Crippen LogP contribution in [0.25, 0.3) is 93.9 Å². The van der Waals surface area contributed by atoms with Gasteiger partial charge in [0.05, 0.1) is 22.1 Å². The third-order valence-corrected chi connectivity index (χ3v) is 15.2. The number of furan rings is 1. The van der Waals surface area contributed by atoms with Crippen LogP contribution in [0.5, 0.6) is 0 Å². The van der Waals surface area contributed by atoms with Gasteiger partial charge in [-0.05, 0) is 127 Å². The monoisotopic (exact) mass is 890 g/mol. The zero-order chi connectivity index (χ0) is 45.9. The highest BCUT2D eigenvalue weighted by atomic mass is 16.3. The fourth-order valence-corrected chi connectivity index (χ4v) is 12.3. The summed E-state index contributed by atoms with van der Waals surface area (Å²) in [4.78, 5) is 2.42. The van der Waals surface area contributed by atoms with Crippen molar-refractivity contribution >= 4 is 60.8 Å². The number of para-hydroxylation sites is 3. The minimum Gasteiger partial charge on any atom is -0.454 e. The van der Waals surface area contributed by atoms with Crippen LogP contribution in [-0.4, -0.2) is 4.57 Å². The van der Waals surface area contributed by atoms with Gasteiger partial charge in [0.15, 0.2) is 5.58 Å². The van der Waals surface area contributed by atoms with Crippen molar-refractivity contribution in [3.8, 4) is 50.2 Å². The van der Waals surface area contributed by atoms with E-state index in [-0.39, 0.29) is 0 Å². The van der Waals surface area contributed by atoms with Gasteiger partial charge >= 0.3 is 0 Å². The highest BCUT2D eigenvalue weighted by Gasteiger charge is 2.52. The standard InChI is InChI=1S/C67H42N2O/c1-2-16-43(17-3-1)44-30-36-47(37-31-44)68(48-38-32-45(33-39-48)46-34-40-49(41-35-46)69-60-27-13-7-20-52(60)53-21-8-14-28-61(53)69)62-42-59-64(65-55-23-9-15-29-63(55)70-66(62)65)54-22-6-12-26-58(54)67(59)56-24-10-4-18-50(56)51-19-5-11-25-57(51)67/h1-42H. The maximum absolute atomic E-state index is 7.18. The molecule has 0 N–H and O–H groups in total. The zero-order valence-corrected chi connectivity index (χ0v) is 38.1. The van der Waals surface area contributed by atoms with Gasteiger partial charge in [-0.2, -0.15) is 0 Å². The summed E-state index contributed by atoms with van der Waals surface area (Å²) in [5, 5.41) is 4.78. The molecule has 3 heteroatoms. The molecular weight excluding hydrogens is 849 g/mol. The van der Waals surface area contributed by atoms with E-state index in [4.69, 9.17) is 4.42 Å². The lowest BCUT2D eigenvalue weighted by Gasteiger charge is -2.32. The molecule has 2 aliphatic carbocycles. The molecule has 0 radical (unpaired) electrons. The molecule has 70 heavy (non-hydrogen) atoms. The molecule has 0 atom stereocenters. The highest BCUT2D eigenvalue weighted by Crippen LogP contribution is 2.65. The second-order valence-corrected chi connectivity index (χ2v) is 18.7. The van der Waals surface area contributed by atoms with E-state index in [1.165, 1.54) is 77.4 Å². The van der Waals surface area contributed by atoms with Gasteiger partial charge in [0, 0.05) is 38.6 Å². The molecule has 13 aromatic rings. The van der Waals surface area contributed by atoms with Crippen molar-refractivity contribution < 1.29 is 4.42 Å². The van der Waals surface area contributed by atoms with Crippen LogP contribution in [0, 0.1) is 0 Å². The summed E-state index contributed by atoms with van der Waals surface area (Å²) in [5.41, 5.74) is 22.7. The Morgan fingerprint density at radius 3 is 1.39 bits per heavy atom. The lowest BCUT2D eigenvalue weighted by atomic mass is 9.70. The van der Waals surface area contributed by atoms with Gasteiger partial charge in [-0.3, -0.25) is 0 Å². The molecule has 0 unspecified atom stereocenters. The number of fused-ring (bicyclic) bond motifs is 17. The van der Waals surface area contributed by atoms with Gasteiger partial charge in [-0.25, -0.2) is 0 Å². The lowest BCUT2D eigenvalue weighted by molar-refractivity contribution is 0.668. The van der Waals surface area contributed by atoms with E-state index in [2.05, 4.69) is 264 Å². The molecular formula is C67H42N2O. The molecule has 15 rings (SSSR count). The van der Waals surface area contributed by atoms with Crippen molar-refractivity contribution in [2.24, 2.45) is 0 Å². The van der Waals surface area contributed by atoms with Crippen LogP contribution in [0.2, 0.25) is 0 Å². The Morgan fingerprint density at radius 1 is 0.357 bits per heavy atom. The Bertz CT molecular complexity index is 4120. The van der Waals surface area contributed by atoms with Crippen LogP contribution in [0.4, 0.5) is 17.1 Å². The first kappa shape index (κ1) is 38.9. The average Bonchev–Trinajstić information content (AvgIpc) is 4.16. The third-order valence-electron chi connectivity index (χ3n) is 15.2. The first-order chi connectivity index (χ1) is 34.7. The molecule has 0 saturated heterocycles. The minimum absolute atomic E-state index is 0.543. The lowest BCUT2D eigenvalue weighted by Crippen LogP contribution is -2.26. The minimum atomic E-state index is -0.543. The summed E-state index contributed by atoms with van der Waals surface area (Å²) >= 11 is 0. The van der Waals surface area contributed by atoms with Crippen LogP contribution in [-0.2, 0) is 5.41 Å². The molecule has 0 aliphatic heterocycles. The second kappa shape index (κ2) is 14.9. The topological polar surface area (TPSA) is 21.3 Å². The summed E-state index contributed by atoms with van der Waals surface area (Å²) in [6.07, 6.45) is 0. The maximum atomic E-state index is 7.18. The number of hydrogen-bond acceptors (Lipinski definition) is 2. The predicted octanol–water partition coefficient (Wildman–Crippen LogP) is 17.8. The van der Waals surface area contributed by atoms with E-state index >= 15 is 0 Å². The quantitative estimate of drug-likeness (QED) is 0.166. The van der Waals surface area contributed by atoms with Crippen molar-refractivity contribution in [3.05, 3.63) is 277 Å². The van der Waals surface area contributed by atoms with Gasteiger partial charge in [0.1, 0.15) is 5.58 Å². The van der Waals surface area contributed by atoms with Crippen molar-refractivity contribution in [1.29, 1.82) is 0 Å². The molecule has 2 heterocycles. The van der Waals surface area contributed by atoms with Crippen molar-refractivity contribution in [2.45, 2.75) is 5.41 Å². The van der Waals surface area contributed by atoms with Gasteiger partial charge in [-0.15, -0.1) is 0 Å². The number of rotatable bonds is 6. The van der Waals surface area contributed by atoms with Crippen LogP contribution in [0.3, 0.4) is 0 Å². The summed E-state index contributed by atoms with van der Waals surface area (Å²) in [5.74, 6) is 0. The second-order valence-electron chi connectivity index (χ2n) is 18.7. The third kappa shape index (κ3) is 5.40. The van der Waals surface area contributed by atoms with E-state index in [9.17, 15) is 0 Å². The maximum Gasteiger partial charge on any atom is 0.160 e. The molecule has 0 fully saturated rings. The Labute approximate surface area is 405 Å². The number of aromatic nitrogens is 1.